The fourth-order valence-electron chi connectivity index (χ4n) is 6.74. The quantitative estimate of drug-likeness (QED) is 0.0347. The Balaban J connectivity index is 4.40. The number of allylic oxidation sites excluding steroid dienone is 13. The third kappa shape index (κ3) is 47.8. The zero-order valence-electron chi connectivity index (χ0n) is 39.5. The summed E-state index contributed by atoms with van der Waals surface area (Å²) in [6, 6.07) is 0. The van der Waals surface area contributed by atoms with Crippen LogP contribution in [-0.2, 0) is 23.8 Å². The highest BCUT2D eigenvalue weighted by atomic mass is 16.6. The van der Waals surface area contributed by atoms with Crippen molar-refractivity contribution in [3.8, 4) is 0 Å². The summed E-state index contributed by atoms with van der Waals surface area (Å²) in [6.45, 7) is 7.53. The van der Waals surface area contributed by atoms with Gasteiger partial charge in [0.2, 0.25) is 0 Å². The van der Waals surface area contributed by atoms with Crippen LogP contribution in [0.4, 0.5) is 0 Å². The molecule has 1 unspecified atom stereocenters. The number of carbonyl (C=O) groups is 2. The van der Waals surface area contributed by atoms with E-state index in [0.29, 0.717) is 13.0 Å². The lowest BCUT2D eigenvalue weighted by Crippen LogP contribution is -2.30. The molecule has 1 atom stereocenters. The minimum absolute atomic E-state index is 0.0254. The molecule has 5 nitrogen and oxygen atoms in total. The largest absolute Gasteiger partial charge is 0.461 e. The molecule has 0 aliphatic rings. The first-order chi connectivity index (χ1) is 29.6. The van der Waals surface area contributed by atoms with Crippen molar-refractivity contribution < 1.29 is 23.8 Å². The van der Waals surface area contributed by atoms with E-state index in [2.05, 4.69) is 93.7 Å². The van der Waals surface area contributed by atoms with E-state index in [-0.39, 0.29) is 31.6 Å². The smallest absolute Gasteiger partial charge is 0.309 e. The van der Waals surface area contributed by atoms with Crippen LogP contribution >= 0.6 is 0 Å². The number of rotatable bonds is 45. The van der Waals surface area contributed by atoms with E-state index in [0.717, 1.165) is 70.6 Å². The second kappa shape index (κ2) is 50.4. The van der Waals surface area contributed by atoms with Crippen LogP contribution in [-0.4, -0.2) is 37.9 Å². The summed E-state index contributed by atoms with van der Waals surface area (Å²) in [5.74, 6) is -0.547. The van der Waals surface area contributed by atoms with Gasteiger partial charge in [-0.3, -0.25) is 9.59 Å². The predicted molar refractivity (Wildman–Crippen MR) is 260 cm³/mol. The van der Waals surface area contributed by atoms with Gasteiger partial charge < -0.3 is 14.2 Å². The molecule has 0 aromatic rings. The lowest BCUT2D eigenvalue weighted by Gasteiger charge is -2.18. The van der Waals surface area contributed by atoms with Crippen molar-refractivity contribution in [3.05, 3.63) is 85.1 Å². The van der Waals surface area contributed by atoms with Crippen molar-refractivity contribution in [2.24, 2.45) is 0 Å². The van der Waals surface area contributed by atoms with Crippen molar-refractivity contribution in [2.75, 3.05) is 19.8 Å². The monoisotopic (exact) mass is 835 g/mol. The summed E-state index contributed by atoms with van der Waals surface area (Å²) in [4.78, 5) is 25.3. The van der Waals surface area contributed by atoms with Gasteiger partial charge in [-0.15, -0.1) is 0 Å². The standard InChI is InChI=1S/C55H94O5/c1-4-7-10-13-16-19-22-25-28-30-33-36-39-42-45-48-54(56)59-52-53(51-58-50-47-44-41-38-35-32-27-24-21-18-15-12-9-6-3)60-55(57)49-46-43-40-37-34-31-29-26-23-20-17-14-11-8-5-2/h7,10,12,15-16,19,21,24-25,28,33,36,42,45,53H,4-6,8-9,11,13-14,17-18,20,22-23,26-27,29-32,34-35,37-41,43-44,46-52H2,1-3H3/b10-7-,15-12-,19-16-,24-21-,28-25-,36-33-,45-42-. The molecule has 0 aliphatic heterocycles. The Bertz CT molecular complexity index is 1130. The first kappa shape index (κ1) is 57.1. The van der Waals surface area contributed by atoms with Crippen molar-refractivity contribution in [1.82, 2.24) is 0 Å². The minimum Gasteiger partial charge on any atom is -0.461 e. The van der Waals surface area contributed by atoms with Gasteiger partial charge in [0.1, 0.15) is 6.61 Å². The van der Waals surface area contributed by atoms with E-state index in [1.165, 1.54) is 122 Å². The SMILES string of the molecule is CC/C=C\C/C=C\C/C=C\C/C=C\C/C=C\CC(=O)OCC(COCCCCCCCC/C=C\C/C=C\CCC)OC(=O)CCCCCCCCCCCCCCCCC. The van der Waals surface area contributed by atoms with Gasteiger partial charge in [-0.25, -0.2) is 0 Å². The van der Waals surface area contributed by atoms with E-state index in [1.807, 2.05) is 12.2 Å². The molecule has 0 bridgehead atoms. The summed E-state index contributed by atoms with van der Waals surface area (Å²) in [6.07, 6.45) is 66.1. The van der Waals surface area contributed by atoms with Crippen molar-refractivity contribution in [3.63, 3.8) is 0 Å². The number of ether oxygens (including phenoxy) is 3. The maximum absolute atomic E-state index is 12.8. The van der Waals surface area contributed by atoms with Gasteiger partial charge in [0.25, 0.3) is 0 Å². The van der Waals surface area contributed by atoms with Crippen LogP contribution in [0.3, 0.4) is 0 Å². The Kier molecular flexibility index (Phi) is 48.0. The van der Waals surface area contributed by atoms with Gasteiger partial charge in [0, 0.05) is 13.0 Å². The van der Waals surface area contributed by atoms with Gasteiger partial charge in [0.05, 0.1) is 13.0 Å². The third-order valence-electron chi connectivity index (χ3n) is 10.4. The molecule has 0 aromatic heterocycles. The lowest BCUT2D eigenvalue weighted by atomic mass is 10.0. The van der Waals surface area contributed by atoms with Gasteiger partial charge in [0.15, 0.2) is 6.10 Å². The molecule has 0 amide bonds. The Hall–Kier alpha value is -2.92. The van der Waals surface area contributed by atoms with Crippen molar-refractivity contribution in [1.29, 1.82) is 0 Å². The Labute approximate surface area is 371 Å². The summed E-state index contributed by atoms with van der Waals surface area (Å²) < 4.78 is 17.3. The fraction of sp³-hybridized carbons (Fsp3) is 0.709. The van der Waals surface area contributed by atoms with Crippen LogP contribution in [0.25, 0.3) is 0 Å². The Morgan fingerprint density at radius 2 is 0.833 bits per heavy atom. The Morgan fingerprint density at radius 1 is 0.400 bits per heavy atom. The number of hydrogen-bond acceptors (Lipinski definition) is 5. The highest BCUT2D eigenvalue weighted by Gasteiger charge is 2.17. The zero-order valence-corrected chi connectivity index (χ0v) is 39.5. The first-order valence-corrected chi connectivity index (χ1v) is 25.1. The molecule has 5 heteroatoms. The second-order valence-electron chi connectivity index (χ2n) is 16.4. The van der Waals surface area contributed by atoms with Crippen molar-refractivity contribution in [2.45, 2.75) is 232 Å². The summed E-state index contributed by atoms with van der Waals surface area (Å²) in [7, 11) is 0. The first-order valence-electron chi connectivity index (χ1n) is 25.1. The van der Waals surface area contributed by atoms with Crippen LogP contribution < -0.4 is 0 Å². The topological polar surface area (TPSA) is 61.8 Å². The molecule has 0 aromatic carbocycles. The van der Waals surface area contributed by atoms with Crippen LogP contribution in [0.2, 0.25) is 0 Å². The highest BCUT2D eigenvalue weighted by Crippen LogP contribution is 2.15. The third-order valence-corrected chi connectivity index (χ3v) is 10.4. The normalized spacial score (nSPS) is 12.9. The molecule has 0 fully saturated rings. The zero-order chi connectivity index (χ0) is 43.5. The number of hydrogen-bond donors (Lipinski definition) is 0. The van der Waals surface area contributed by atoms with Crippen LogP contribution in [0, 0.1) is 0 Å². The molecule has 0 rings (SSSR count). The molecular weight excluding hydrogens is 741 g/mol. The van der Waals surface area contributed by atoms with Crippen molar-refractivity contribution >= 4 is 11.9 Å². The summed E-state index contributed by atoms with van der Waals surface area (Å²) >= 11 is 0. The maximum atomic E-state index is 12.8. The molecule has 0 aliphatic carbocycles. The predicted octanol–water partition coefficient (Wildman–Crippen LogP) is 16.9. The van der Waals surface area contributed by atoms with E-state index in [9.17, 15) is 9.59 Å². The molecule has 0 radical (unpaired) electrons. The molecule has 60 heavy (non-hydrogen) atoms. The minimum atomic E-state index is -0.582. The van der Waals surface area contributed by atoms with E-state index in [4.69, 9.17) is 14.2 Å². The molecular formula is C55H94O5. The van der Waals surface area contributed by atoms with Gasteiger partial charge in [-0.1, -0.05) is 228 Å². The lowest BCUT2D eigenvalue weighted by molar-refractivity contribution is -0.162. The molecule has 0 saturated heterocycles. The van der Waals surface area contributed by atoms with Crippen LogP contribution in [0.15, 0.2) is 85.1 Å². The maximum Gasteiger partial charge on any atom is 0.309 e. The number of unbranched alkanes of at least 4 members (excludes halogenated alkanes) is 21. The number of carbonyl (C=O) groups excluding carboxylic acids is 2. The average molecular weight is 835 g/mol. The summed E-state index contributed by atoms with van der Waals surface area (Å²) in [5.41, 5.74) is 0. The highest BCUT2D eigenvalue weighted by molar-refractivity contribution is 5.71. The molecule has 344 valence electrons. The average Bonchev–Trinajstić information content (AvgIpc) is 3.25. The van der Waals surface area contributed by atoms with Crippen LogP contribution in [0.1, 0.15) is 226 Å². The number of esters is 2. The molecule has 0 heterocycles. The van der Waals surface area contributed by atoms with E-state index < -0.39 is 6.10 Å². The van der Waals surface area contributed by atoms with Gasteiger partial charge in [-0.05, 0) is 70.6 Å². The summed E-state index contributed by atoms with van der Waals surface area (Å²) in [5, 5.41) is 0. The van der Waals surface area contributed by atoms with E-state index in [1.54, 1.807) is 0 Å². The van der Waals surface area contributed by atoms with E-state index >= 15 is 0 Å². The molecule has 0 spiro atoms. The fourth-order valence-corrected chi connectivity index (χ4v) is 6.74. The molecule has 0 saturated carbocycles. The van der Waals surface area contributed by atoms with Gasteiger partial charge in [-0.2, -0.15) is 0 Å². The Morgan fingerprint density at radius 3 is 1.35 bits per heavy atom. The van der Waals surface area contributed by atoms with Crippen LogP contribution in [0.5, 0.6) is 0 Å². The molecule has 0 N–H and O–H groups in total. The van der Waals surface area contributed by atoms with Gasteiger partial charge >= 0.3 is 11.9 Å². The second-order valence-corrected chi connectivity index (χ2v) is 16.4.